The van der Waals surface area contributed by atoms with Gasteiger partial charge in [0.25, 0.3) is 5.91 Å². The number of nitrogens with one attached hydrogen (secondary N) is 2. The van der Waals surface area contributed by atoms with Crippen LogP contribution in [-0.2, 0) is 18.4 Å². The Morgan fingerprint density at radius 1 is 1.10 bits per heavy atom. The third-order valence-corrected chi connectivity index (χ3v) is 5.45. The van der Waals surface area contributed by atoms with E-state index in [4.69, 9.17) is 0 Å². The molecule has 1 fully saturated rings. The number of carbonyl (C=O) groups excluding carboxylic acids is 2. The summed E-state index contributed by atoms with van der Waals surface area (Å²) >= 11 is 0. The van der Waals surface area contributed by atoms with E-state index < -0.39 is 0 Å². The lowest BCUT2D eigenvalue weighted by atomic mass is 10.1. The van der Waals surface area contributed by atoms with Gasteiger partial charge in [-0.15, -0.1) is 0 Å². The van der Waals surface area contributed by atoms with E-state index >= 15 is 0 Å². The van der Waals surface area contributed by atoms with Gasteiger partial charge in [-0.3, -0.25) is 19.0 Å². The van der Waals surface area contributed by atoms with Crippen molar-refractivity contribution in [2.75, 3.05) is 10.6 Å². The Hall–Kier alpha value is -3.42. The number of aryl methyl sites for hydroxylation is 2. The van der Waals surface area contributed by atoms with Gasteiger partial charge in [0.05, 0.1) is 29.5 Å². The van der Waals surface area contributed by atoms with Crippen LogP contribution in [0.2, 0.25) is 0 Å². The van der Waals surface area contributed by atoms with Crippen molar-refractivity contribution in [3.05, 3.63) is 59.7 Å². The highest BCUT2D eigenvalue weighted by Crippen LogP contribution is 2.48. The second-order valence-corrected chi connectivity index (χ2v) is 7.29. The minimum atomic E-state index is -0.328. The van der Waals surface area contributed by atoms with Crippen LogP contribution in [0.4, 0.5) is 11.4 Å². The van der Waals surface area contributed by atoms with Crippen molar-refractivity contribution >= 4 is 23.2 Å². The normalized spacial score (nSPS) is 17.8. The quantitative estimate of drug-likeness (QED) is 0.674. The smallest absolute Gasteiger partial charge is 0.276 e. The predicted octanol–water partition coefficient (Wildman–Crippen LogP) is 2.94. The summed E-state index contributed by atoms with van der Waals surface area (Å²) in [5, 5.41) is 14.2. The second-order valence-electron chi connectivity index (χ2n) is 7.29. The highest BCUT2D eigenvalue weighted by molar-refractivity contribution is 6.09. The number of rotatable bonds is 6. The highest BCUT2D eigenvalue weighted by atomic mass is 16.2. The fourth-order valence-electron chi connectivity index (χ4n) is 3.54. The topological polar surface area (TPSA) is 93.8 Å². The molecule has 0 spiro atoms. The van der Waals surface area contributed by atoms with Crippen LogP contribution in [0.25, 0.3) is 0 Å². The summed E-state index contributed by atoms with van der Waals surface area (Å²) in [6.07, 6.45) is 3.95. The number of anilines is 2. The van der Waals surface area contributed by atoms with Crippen LogP contribution < -0.4 is 10.6 Å². The zero-order valence-corrected chi connectivity index (χ0v) is 16.7. The summed E-state index contributed by atoms with van der Waals surface area (Å²) in [4.78, 5) is 25.7. The number of nitrogens with zero attached hydrogens (tertiary/aromatic N) is 4. The maximum atomic E-state index is 12.9. The molecule has 2 heterocycles. The van der Waals surface area contributed by atoms with Crippen molar-refractivity contribution in [3.63, 3.8) is 0 Å². The number of hydrogen-bond donors (Lipinski definition) is 2. The zero-order chi connectivity index (χ0) is 20.5. The number of amides is 2. The first-order valence-electron chi connectivity index (χ1n) is 9.71. The summed E-state index contributed by atoms with van der Waals surface area (Å²) in [6.45, 7) is 4.29. The van der Waals surface area contributed by atoms with Crippen LogP contribution in [0.5, 0.6) is 0 Å². The Kier molecular flexibility index (Phi) is 4.92. The molecule has 2 atom stereocenters. The molecule has 0 bridgehead atoms. The first-order valence-corrected chi connectivity index (χ1v) is 9.71. The van der Waals surface area contributed by atoms with Gasteiger partial charge in [0.15, 0.2) is 0 Å². The van der Waals surface area contributed by atoms with Crippen molar-refractivity contribution < 1.29 is 9.59 Å². The van der Waals surface area contributed by atoms with E-state index in [1.807, 2.05) is 51.2 Å². The first kappa shape index (κ1) is 18.9. The summed E-state index contributed by atoms with van der Waals surface area (Å²) in [6, 6.07) is 10.0. The number of carbonyl (C=O) groups is 2. The van der Waals surface area contributed by atoms with E-state index in [0.29, 0.717) is 23.6 Å². The Bertz CT molecular complexity index is 1050. The van der Waals surface area contributed by atoms with E-state index in [0.717, 1.165) is 12.1 Å². The van der Waals surface area contributed by atoms with E-state index in [9.17, 15) is 9.59 Å². The Labute approximate surface area is 168 Å². The molecule has 2 aromatic heterocycles. The van der Waals surface area contributed by atoms with Crippen LogP contribution in [0.3, 0.4) is 0 Å². The van der Waals surface area contributed by atoms with Crippen LogP contribution >= 0.6 is 0 Å². The fraction of sp³-hybridized carbons (Fsp3) is 0.333. The van der Waals surface area contributed by atoms with Gasteiger partial charge < -0.3 is 10.6 Å². The monoisotopic (exact) mass is 392 g/mol. The van der Waals surface area contributed by atoms with Crippen LogP contribution in [0, 0.1) is 12.8 Å². The summed E-state index contributed by atoms with van der Waals surface area (Å²) in [5.41, 5.74) is 3.40. The average molecular weight is 392 g/mol. The van der Waals surface area contributed by atoms with E-state index in [1.165, 1.54) is 11.8 Å². The zero-order valence-electron chi connectivity index (χ0n) is 16.7. The molecular formula is C21H24N6O2. The largest absolute Gasteiger partial charge is 0.322 e. The minimum Gasteiger partial charge on any atom is -0.322 e. The van der Waals surface area contributed by atoms with Crippen molar-refractivity contribution in [1.29, 1.82) is 0 Å². The van der Waals surface area contributed by atoms with Gasteiger partial charge in [0, 0.05) is 19.5 Å². The molecule has 2 unspecified atom stereocenters. The van der Waals surface area contributed by atoms with Crippen molar-refractivity contribution in [3.8, 4) is 0 Å². The number of aromatic nitrogens is 4. The summed E-state index contributed by atoms with van der Waals surface area (Å²) in [7, 11) is 1.81. The van der Waals surface area contributed by atoms with Gasteiger partial charge in [-0.1, -0.05) is 30.3 Å². The van der Waals surface area contributed by atoms with Gasteiger partial charge >= 0.3 is 0 Å². The highest BCUT2D eigenvalue weighted by Gasteiger charge is 2.44. The predicted molar refractivity (Wildman–Crippen MR) is 110 cm³/mol. The lowest BCUT2D eigenvalue weighted by Gasteiger charge is -2.10. The maximum Gasteiger partial charge on any atom is 0.276 e. The molecule has 0 radical (unpaired) electrons. The number of hydrogen-bond acceptors (Lipinski definition) is 4. The first-order chi connectivity index (χ1) is 14.0. The summed E-state index contributed by atoms with van der Waals surface area (Å²) in [5.74, 6) is -0.265. The van der Waals surface area contributed by atoms with Gasteiger partial charge in [0.1, 0.15) is 5.69 Å². The molecular weight excluding hydrogens is 368 g/mol. The third kappa shape index (κ3) is 3.65. The number of benzene rings is 1. The lowest BCUT2D eigenvalue weighted by Crippen LogP contribution is -2.22. The van der Waals surface area contributed by atoms with Gasteiger partial charge in [0.2, 0.25) is 5.91 Å². The molecule has 29 heavy (non-hydrogen) atoms. The third-order valence-electron chi connectivity index (χ3n) is 5.45. The van der Waals surface area contributed by atoms with E-state index in [2.05, 4.69) is 20.8 Å². The molecule has 1 saturated carbocycles. The molecule has 8 heteroatoms. The minimum absolute atomic E-state index is 0.0823. The molecule has 1 aliphatic rings. The van der Waals surface area contributed by atoms with Gasteiger partial charge in [-0.25, -0.2) is 0 Å². The van der Waals surface area contributed by atoms with Crippen LogP contribution in [0.15, 0.2) is 42.7 Å². The van der Waals surface area contributed by atoms with Gasteiger partial charge in [-0.05, 0) is 31.7 Å². The molecule has 150 valence electrons. The molecule has 0 aliphatic heterocycles. The van der Waals surface area contributed by atoms with E-state index in [-0.39, 0.29) is 23.7 Å². The van der Waals surface area contributed by atoms with Crippen molar-refractivity contribution in [2.45, 2.75) is 32.7 Å². The fourth-order valence-corrected chi connectivity index (χ4v) is 3.54. The van der Waals surface area contributed by atoms with Gasteiger partial charge in [-0.2, -0.15) is 10.2 Å². The molecule has 3 aromatic rings. The molecule has 4 rings (SSSR count). The molecule has 0 saturated heterocycles. The van der Waals surface area contributed by atoms with E-state index in [1.54, 1.807) is 15.6 Å². The molecule has 8 nitrogen and oxygen atoms in total. The lowest BCUT2D eigenvalue weighted by molar-refractivity contribution is -0.117. The summed E-state index contributed by atoms with van der Waals surface area (Å²) < 4.78 is 3.27. The average Bonchev–Trinajstić information content (AvgIpc) is 3.35. The van der Waals surface area contributed by atoms with Crippen LogP contribution in [-0.4, -0.2) is 31.4 Å². The molecule has 2 N–H and O–H groups in total. The van der Waals surface area contributed by atoms with Crippen molar-refractivity contribution in [1.82, 2.24) is 19.6 Å². The van der Waals surface area contributed by atoms with Crippen LogP contribution in [0.1, 0.15) is 41.0 Å². The molecule has 1 aromatic carbocycles. The second kappa shape index (κ2) is 7.54. The molecule has 1 aliphatic carbocycles. The standard InChI is InChI=1S/C21H24N6O2/c1-4-27-19(21(29)24-17-11-22-26(3)13(17)2)18(12-23-27)25-20(28)16-10-15(16)14-8-6-5-7-9-14/h5-9,11-12,15-16H,4,10H2,1-3H3,(H,24,29)(H,25,28). The Morgan fingerprint density at radius 2 is 1.83 bits per heavy atom. The Balaban J connectivity index is 1.50. The maximum absolute atomic E-state index is 12.9. The Morgan fingerprint density at radius 3 is 2.48 bits per heavy atom. The van der Waals surface area contributed by atoms with Crippen molar-refractivity contribution in [2.24, 2.45) is 13.0 Å². The SMILES string of the molecule is CCn1ncc(NC(=O)C2CC2c2ccccc2)c1C(=O)Nc1cnn(C)c1C. The molecule has 2 amide bonds.